The van der Waals surface area contributed by atoms with Crippen LogP contribution in [0.2, 0.25) is 0 Å². The highest BCUT2D eigenvalue weighted by molar-refractivity contribution is 5.97. The molecule has 1 saturated heterocycles. The van der Waals surface area contributed by atoms with Gasteiger partial charge in [-0.05, 0) is 44.0 Å². The van der Waals surface area contributed by atoms with Gasteiger partial charge in [0.2, 0.25) is 5.91 Å². The molecule has 0 aliphatic carbocycles. The highest BCUT2D eigenvalue weighted by atomic mass is 19.1. The van der Waals surface area contributed by atoms with Crippen LogP contribution in [0.15, 0.2) is 24.3 Å². The Balaban J connectivity index is 2.01. The van der Waals surface area contributed by atoms with Crippen molar-refractivity contribution in [2.45, 2.75) is 39.8 Å². The summed E-state index contributed by atoms with van der Waals surface area (Å²) in [6.07, 6.45) is 0. The van der Waals surface area contributed by atoms with E-state index in [2.05, 4.69) is 24.1 Å². The minimum absolute atomic E-state index is 0.0278. The Morgan fingerprint density at radius 2 is 1.56 bits per heavy atom. The molecule has 1 heterocycles. The van der Waals surface area contributed by atoms with Gasteiger partial charge in [0.15, 0.2) is 0 Å². The van der Waals surface area contributed by atoms with E-state index in [0.717, 1.165) is 13.1 Å². The zero-order valence-corrected chi connectivity index (χ0v) is 15.5. The van der Waals surface area contributed by atoms with Gasteiger partial charge in [0, 0.05) is 37.8 Å². The quantitative estimate of drug-likeness (QED) is 0.886. The summed E-state index contributed by atoms with van der Waals surface area (Å²) in [4.78, 5) is 29.4. The van der Waals surface area contributed by atoms with Crippen molar-refractivity contribution >= 4 is 11.8 Å². The standard InChI is InChI=1S/C19H28FN3O2/c1-13(2)17(21-18(24)15-5-7-16(20)8-6-15)19(25)23-11-9-22(10-12-23)14(3)4/h5-8,13-14,17H,9-12H2,1-4H3,(H,21,24). The predicted octanol–water partition coefficient (Wildman–Crippen LogP) is 2.13. The first-order chi connectivity index (χ1) is 11.8. The Kier molecular flexibility index (Phi) is 6.53. The molecule has 1 aliphatic rings. The Bertz CT molecular complexity index is 593. The number of piperazine rings is 1. The van der Waals surface area contributed by atoms with E-state index in [1.807, 2.05) is 18.7 Å². The van der Waals surface area contributed by atoms with Crippen molar-refractivity contribution in [1.82, 2.24) is 15.1 Å². The lowest BCUT2D eigenvalue weighted by atomic mass is 10.0. The summed E-state index contributed by atoms with van der Waals surface area (Å²) >= 11 is 0. The van der Waals surface area contributed by atoms with E-state index in [-0.39, 0.29) is 17.7 Å². The van der Waals surface area contributed by atoms with Gasteiger partial charge in [0.05, 0.1) is 0 Å². The minimum Gasteiger partial charge on any atom is -0.340 e. The number of carbonyl (C=O) groups is 2. The normalized spacial score (nSPS) is 17.0. The number of benzene rings is 1. The van der Waals surface area contributed by atoms with Crippen molar-refractivity contribution in [3.63, 3.8) is 0 Å². The Morgan fingerprint density at radius 3 is 2.04 bits per heavy atom. The van der Waals surface area contributed by atoms with Crippen LogP contribution in [0.4, 0.5) is 4.39 Å². The summed E-state index contributed by atoms with van der Waals surface area (Å²) in [5.41, 5.74) is 0.351. The van der Waals surface area contributed by atoms with Crippen LogP contribution in [0.3, 0.4) is 0 Å². The fourth-order valence-electron chi connectivity index (χ4n) is 2.99. The molecule has 1 unspecified atom stereocenters. The van der Waals surface area contributed by atoms with Crippen LogP contribution in [-0.2, 0) is 4.79 Å². The average Bonchev–Trinajstić information content (AvgIpc) is 2.59. The average molecular weight is 349 g/mol. The van der Waals surface area contributed by atoms with Gasteiger partial charge in [-0.15, -0.1) is 0 Å². The van der Waals surface area contributed by atoms with Gasteiger partial charge in [-0.3, -0.25) is 14.5 Å². The summed E-state index contributed by atoms with van der Waals surface area (Å²) < 4.78 is 13.0. The lowest BCUT2D eigenvalue weighted by molar-refractivity contribution is -0.136. The molecular weight excluding hydrogens is 321 g/mol. The largest absolute Gasteiger partial charge is 0.340 e. The summed E-state index contributed by atoms with van der Waals surface area (Å²) in [6.45, 7) is 11.2. The van der Waals surface area contributed by atoms with Gasteiger partial charge in [0.25, 0.3) is 5.91 Å². The molecule has 138 valence electrons. The number of nitrogens with zero attached hydrogens (tertiary/aromatic N) is 2. The fourth-order valence-corrected chi connectivity index (χ4v) is 2.99. The molecule has 2 amide bonds. The minimum atomic E-state index is -0.580. The number of hydrogen-bond donors (Lipinski definition) is 1. The molecular formula is C19H28FN3O2. The van der Waals surface area contributed by atoms with E-state index in [1.165, 1.54) is 24.3 Å². The van der Waals surface area contributed by atoms with Gasteiger partial charge in [-0.1, -0.05) is 13.8 Å². The zero-order valence-electron chi connectivity index (χ0n) is 15.5. The Labute approximate surface area is 149 Å². The van der Waals surface area contributed by atoms with Crippen LogP contribution in [0.5, 0.6) is 0 Å². The number of halogens is 1. The van der Waals surface area contributed by atoms with Gasteiger partial charge in [-0.25, -0.2) is 4.39 Å². The maximum Gasteiger partial charge on any atom is 0.251 e. The van der Waals surface area contributed by atoms with Crippen LogP contribution in [0.1, 0.15) is 38.1 Å². The van der Waals surface area contributed by atoms with Crippen molar-refractivity contribution in [2.24, 2.45) is 5.92 Å². The molecule has 1 N–H and O–H groups in total. The van der Waals surface area contributed by atoms with Crippen LogP contribution in [0, 0.1) is 11.7 Å². The molecule has 0 aromatic heterocycles. The third kappa shape index (κ3) is 5.01. The topological polar surface area (TPSA) is 52.7 Å². The molecule has 0 saturated carbocycles. The lowest BCUT2D eigenvalue weighted by Gasteiger charge is -2.39. The molecule has 0 bridgehead atoms. The second-order valence-electron chi connectivity index (χ2n) is 7.16. The number of nitrogens with one attached hydrogen (secondary N) is 1. The molecule has 6 heteroatoms. The first kappa shape index (κ1) is 19.4. The smallest absolute Gasteiger partial charge is 0.251 e. The van der Waals surface area contributed by atoms with Crippen molar-refractivity contribution in [3.8, 4) is 0 Å². The molecule has 25 heavy (non-hydrogen) atoms. The van der Waals surface area contributed by atoms with Crippen molar-refractivity contribution in [1.29, 1.82) is 0 Å². The summed E-state index contributed by atoms with van der Waals surface area (Å²) in [7, 11) is 0. The molecule has 2 rings (SSSR count). The highest BCUT2D eigenvalue weighted by Crippen LogP contribution is 2.12. The summed E-state index contributed by atoms with van der Waals surface area (Å²) in [5, 5.41) is 2.82. The molecule has 0 spiro atoms. The monoisotopic (exact) mass is 349 g/mol. The second-order valence-corrected chi connectivity index (χ2v) is 7.16. The number of amides is 2. The lowest BCUT2D eigenvalue weighted by Crippen LogP contribution is -2.57. The Morgan fingerprint density at radius 1 is 1.00 bits per heavy atom. The van der Waals surface area contributed by atoms with E-state index in [4.69, 9.17) is 0 Å². The van der Waals surface area contributed by atoms with Crippen molar-refractivity contribution in [3.05, 3.63) is 35.6 Å². The van der Waals surface area contributed by atoms with Crippen molar-refractivity contribution in [2.75, 3.05) is 26.2 Å². The second kappa shape index (κ2) is 8.43. The number of rotatable bonds is 5. The molecule has 1 fully saturated rings. The van der Waals surface area contributed by atoms with Crippen LogP contribution in [0.25, 0.3) is 0 Å². The van der Waals surface area contributed by atoms with Crippen LogP contribution < -0.4 is 5.32 Å². The molecule has 1 aromatic carbocycles. The molecule has 1 atom stereocenters. The third-order valence-electron chi connectivity index (χ3n) is 4.68. The maximum absolute atomic E-state index is 13.0. The van der Waals surface area contributed by atoms with E-state index in [9.17, 15) is 14.0 Å². The van der Waals surface area contributed by atoms with Gasteiger partial charge in [0.1, 0.15) is 11.9 Å². The molecule has 0 radical (unpaired) electrons. The predicted molar refractivity (Wildman–Crippen MR) is 95.8 cm³/mol. The summed E-state index contributed by atoms with van der Waals surface area (Å²) in [5.74, 6) is -0.821. The van der Waals surface area contributed by atoms with Crippen molar-refractivity contribution < 1.29 is 14.0 Å². The Hall–Kier alpha value is -1.95. The van der Waals surface area contributed by atoms with E-state index in [1.54, 1.807) is 0 Å². The zero-order chi connectivity index (χ0) is 18.6. The third-order valence-corrected chi connectivity index (χ3v) is 4.68. The maximum atomic E-state index is 13.0. The molecule has 1 aromatic rings. The first-order valence-corrected chi connectivity index (χ1v) is 8.89. The molecule has 1 aliphatic heterocycles. The number of carbonyl (C=O) groups excluding carboxylic acids is 2. The number of hydrogen-bond acceptors (Lipinski definition) is 3. The molecule has 5 nitrogen and oxygen atoms in total. The highest BCUT2D eigenvalue weighted by Gasteiger charge is 2.31. The first-order valence-electron chi connectivity index (χ1n) is 8.89. The van der Waals surface area contributed by atoms with Crippen LogP contribution in [-0.4, -0.2) is 59.9 Å². The fraction of sp³-hybridized carbons (Fsp3) is 0.579. The van der Waals surface area contributed by atoms with E-state index in [0.29, 0.717) is 24.7 Å². The van der Waals surface area contributed by atoms with Gasteiger partial charge in [-0.2, -0.15) is 0 Å². The van der Waals surface area contributed by atoms with Crippen LogP contribution >= 0.6 is 0 Å². The summed E-state index contributed by atoms with van der Waals surface area (Å²) in [6, 6.07) is 5.22. The SMILES string of the molecule is CC(C)C(NC(=O)c1ccc(F)cc1)C(=O)N1CCN(C(C)C)CC1. The van der Waals surface area contributed by atoms with E-state index < -0.39 is 11.9 Å². The van der Waals surface area contributed by atoms with E-state index >= 15 is 0 Å². The van der Waals surface area contributed by atoms with Gasteiger partial charge >= 0.3 is 0 Å². The van der Waals surface area contributed by atoms with Gasteiger partial charge < -0.3 is 10.2 Å².